The summed E-state index contributed by atoms with van der Waals surface area (Å²) in [5.74, 6) is -0.359. The number of hydrogen-bond acceptors (Lipinski definition) is 3. The van der Waals surface area contributed by atoms with E-state index >= 15 is 0 Å². The van der Waals surface area contributed by atoms with Crippen molar-refractivity contribution < 1.29 is 13.2 Å². The summed E-state index contributed by atoms with van der Waals surface area (Å²) in [6.45, 7) is 5.55. The van der Waals surface area contributed by atoms with E-state index in [0.717, 1.165) is 21.7 Å². The molecule has 0 bridgehead atoms. The average Bonchev–Trinajstić information content (AvgIpc) is 2.61. The van der Waals surface area contributed by atoms with E-state index in [1.54, 1.807) is 31.2 Å². The molecule has 1 amide bonds. The zero-order valence-electron chi connectivity index (χ0n) is 15.9. The number of aryl methyl sites for hydroxylation is 1. The number of rotatable bonds is 7. The van der Waals surface area contributed by atoms with Crippen molar-refractivity contribution >= 4 is 33.2 Å². The SMILES string of the molecule is CC[C@@H](NC(=O)[C@H](C)N(c1ccc(Cl)cc1)S(C)(=O)=O)c1ccc(C)cc1. The molecule has 0 radical (unpaired) electrons. The van der Waals surface area contributed by atoms with Gasteiger partial charge in [0.25, 0.3) is 0 Å². The molecule has 0 fully saturated rings. The van der Waals surface area contributed by atoms with E-state index in [9.17, 15) is 13.2 Å². The molecule has 0 heterocycles. The highest BCUT2D eigenvalue weighted by Crippen LogP contribution is 2.24. The predicted molar refractivity (Wildman–Crippen MR) is 111 cm³/mol. The Balaban J connectivity index is 2.26. The van der Waals surface area contributed by atoms with Crippen LogP contribution in [-0.4, -0.2) is 26.6 Å². The van der Waals surface area contributed by atoms with Crippen LogP contribution in [0.15, 0.2) is 48.5 Å². The maximum Gasteiger partial charge on any atom is 0.244 e. The first-order chi connectivity index (χ1) is 12.6. The van der Waals surface area contributed by atoms with E-state index in [1.807, 2.05) is 38.1 Å². The molecule has 0 aliphatic rings. The molecule has 0 unspecified atom stereocenters. The number of benzene rings is 2. The normalized spacial score (nSPS) is 13.7. The topological polar surface area (TPSA) is 66.5 Å². The largest absolute Gasteiger partial charge is 0.347 e. The van der Waals surface area contributed by atoms with E-state index in [-0.39, 0.29) is 11.9 Å². The molecule has 0 spiro atoms. The number of halogens is 1. The summed E-state index contributed by atoms with van der Waals surface area (Å²) < 4.78 is 25.8. The average molecular weight is 409 g/mol. The van der Waals surface area contributed by atoms with E-state index in [4.69, 9.17) is 11.6 Å². The predicted octanol–water partition coefficient (Wildman–Crippen LogP) is 4.07. The number of amides is 1. The Kier molecular flexibility index (Phi) is 6.89. The Hall–Kier alpha value is -2.05. The fraction of sp³-hybridized carbons (Fsp3) is 0.350. The minimum absolute atomic E-state index is 0.188. The van der Waals surface area contributed by atoms with Crippen LogP contribution in [0, 0.1) is 6.92 Å². The number of nitrogens with zero attached hydrogens (tertiary/aromatic N) is 1. The molecule has 2 atom stereocenters. The highest BCUT2D eigenvalue weighted by atomic mass is 35.5. The fourth-order valence-corrected chi connectivity index (χ4v) is 4.21. The van der Waals surface area contributed by atoms with Crippen LogP contribution < -0.4 is 9.62 Å². The summed E-state index contributed by atoms with van der Waals surface area (Å²) in [5.41, 5.74) is 2.52. The van der Waals surface area contributed by atoms with Crippen molar-refractivity contribution in [2.24, 2.45) is 0 Å². The molecule has 5 nitrogen and oxygen atoms in total. The van der Waals surface area contributed by atoms with E-state index in [0.29, 0.717) is 17.1 Å². The van der Waals surface area contributed by atoms with E-state index < -0.39 is 16.1 Å². The lowest BCUT2D eigenvalue weighted by atomic mass is 10.0. The monoisotopic (exact) mass is 408 g/mol. The van der Waals surface area contributed by atoms with Gasteiger partial charge in [-0.15, -0.1) is 0 Å². The number of carbonyl (C=O) groups is 1. The number of sulfonamides is 1. The zero-order chi connectivity index (χ0) is 20.2. The Labute approximate surface area is 166 Å². The molecule has 0 aliphatic carbocycles. The van der Waals surface area contributed by atoms with Crippen molar-refractivity contribution in [3.8, 4) is 0 Å². The van der Waals surface area contributed by atoms with E-state index in [2.05, 4.69) is 5.32 Å². The summed E-state index contributed by atoms with van der Waals surface area (Å²) in [7, 11) is -3.66. The molecular formula is C20H25ClN2O3S. The van der Waals surface area contributed by atoms with Crippen LogP contribution in [0.2, 0.25) is 5.02 Å². The first-order valence-electron chi connectivity index (χ1n) is 8.75. The maximum atomic E-state index is 12.8. The standard InChI is InChI=1S/C20H25ClN2O3S/c1-5-19(16-8-6-14(2)7-9-16)22-20(24)15(3)23(27(4,25)26)18-12-10-17(21)11-13-18/h6-13,15,19H,5H2,1-4H3,(H,22,24)/t15-,19+/m0/s1. The zero-order valence-corrected chi connectivity index (χ0v) is 17.5. The third kappa shape index (κ3) is 5.47. The molecule has 7 heteroatoms. The van der Waals surface area contributed by atoms with Gasteiger partial charge in [0.1, 0.15) is 6.04 Å². The molecule has 0 aromatic heterocycles. The van der Waals surface area contributed by atoms with Crippen molar-refractivity contribution in [2.45, 2.75) is 39.3 Å². The molecule has 146 valence electrons. The van der Waals surface area contributed by atoms with Crippen LogP contribution in [0.4, 0.5) is 5.69 Å². The van der Waals surface area contributed by atoms with Gasteiger partial charge in [-0.2, -0.15) is 0 Å². The molecule has 1 N–H and O–H groups in total. The van der Waals surface area contributed by atoms with Gasteiger partial charge in [-0.25, -0.2) is 8.42 Å². The van der Waals surface area contributed by atoms with Gasteiger partial charge in [-0.05, 0) is 50.1 Å². The van der Waals surface area contributed by atoms with Crippen LogP contribution in [0.25, 0.3) is 0 Å². The third-order valence-electron chi connectivity index (χ3n) is 4.37. The van der Waals surface area contributed by atoms with Gasteiger partial charge in [-0.1, -0.05) is 48.4 Å². The molecule has 0 saturated heterocycles. The Morgan fingerprint density at radius 2 is 1.67 bits per heavy atom. The molecular weight excluding hydrogens is 384 g/mol. The summed E-state index contributed by atoms with van der Waals surface area (Å²) in [6, 6.07) is 13.2. The van der Waals surface area contributed by atoms with Gasteiger partial charge < -0.3 is 5.32 Å². The van der Waals surface area contributed by atoms with Gasteiger partial charge in [0.2, 0.25) is 15.9 Å². The molecule has 2 rings (SSSR count). The highest BCUT2D eigenvalue weighted by molar-refractivity contribution is 7.92. The van der Waals surface area contributed by atoms with E-state index in [1.165, 1.54) is 0 Å². The second-order valence-electron chi connectivity index (χ2n) is 6.59. The molecule has 0 saturated carbocycles. The third-order valence-corrected chi connectivity index (χ3v) is 5.87. The highest BCUT2D eigenvalue weighted by Gasteiger charge is 2.30. The van der Waals surface area contributed by atoms with Crippen LogP contribution in [0.5, 0.6) is 0 Å². The summed E-state index contributed by atoms with van der Waals surface area (Å²) in [5, 5.41) is 3.46. The number of nitrogens with one attached hydrogen (secondary N) is 1. The second-order valence-corrected chi connectivity index (χ2v) is 8.89. The summed E-state index contributed by atoms with van der Waals surface area (Å²) in [4.78, 5) is 12.8. The first kappa shape index (κ1) is 21.3. The van der Waals surface area contributed by atoms with Crippen molar-refractivity contribution in [2.75, 3.05) is 10.6 Å². The smallest absolute Gasteiger partial charge is 0.244 e. The lowest BCUT2D eigenvalue weighted by Gasteiger charge is -2.29. The maximum absolute atomic E-state index is 12.8. The lowest BCUT2D eigenvalue weighted by Crippen LogP contribution is -2.48. The molecule has 2 aromatic rings. The number of anilines is 1. The van der Waals surface area contributed by atoms with Crippen LogP contribution in [0.1, 0.15) is 37.4 Å². The lowest BCUT2D eigenvalue weighted by molar-refractivity contribution is -0.122. The second kappa shape index (κ2) is 8.76. The van der Waals surface area contributed by atoms with Gasteiger partial charge in [-0.3, -0.25) is 9.10 Å². The summed E-state index contributed by atoms with van der Waals surface area (Å²) in [6.07, 6.45) is 1.78. The van der Waals surface area contributed by atoms with Gasteiger partial charge >= 0.3 is 0 Å². The van der Waals surface area contributed by atoms with Crippen molar-refractivity contribution in [3.63, 3.8) is 0 Å². The van der Waals surface area contributed by atoms with Crippen LogP contribution >= 0.6 is 11.6 Å². The molecule has 27 heavy (non-hydrogen) atoms. The van der Waals surface area contributed by atoms with Crippen LogP contribution in [0.3, 0.4) is 0 Å². The summed E-state index contributed by atoms with van der Waals surface area (Å²) >= 11 is 5.89. The quantitative estimate of drug-likeness (QED) is 0.750. The first-order valence-corrected chi connectivity index (χ1v) is 11.0. The molecule has 2 aromatic carbocycles. The Morgan fingerprint density at radius 1 is 1.11 bits per heavy atom. The van der Waals surface area contributed by atoms with Gasteiger partial charge in [0.05, 0.1) is 18.0 Å². The van der Waals surface area contributed by atoms with Crippen molar-refractivity contribution in [3.05, 3.63) is 64.7 Å². The minimum Gasteiger partial charge on any atom is -0.347 e. The van der Waals surface area contributed by atoms with Gasteiger partial charge in [0, 0.05) is 5.02 Å². The van der Waals surface area contributed by atoms with Crippen molar-refractivity contribution in [1.29, 1.82) is 0 Å². The van der Waals surface area contributed by atoms with Gasteiger partial charge in [0.15, 0.2) is 0 Å². The fourth-order valence-electron chi connectivity index (χ4n) is 2.91. The van der Waals surface area contributed by atoms with Crippen molar-refractivity contribution in [1.82, 2.24) is 5.32 Å². The molecule has 0 aliphatic heterocycles. The minimum atomic E-state index is -3.66. The van der Waals surface area contributed by atoms with Crippen LogP contribution in [-0.2, 0) is 14.8 Å². The number of carbonyl (C=O) groups excluding carboxylic acids is 1. The Morgan fingerprint density at radius 3 is 2.15 bits per heavy atom. The Bertz CT molecular complexity index is 880. The number of hydrogen-bond donors (Lipinski definition) is 1.